The molecule has 3 N–H and O–H groups in total. The van der Waals surface area contributed by atoms with Crippen molar-refractivity contribution in [3.05, 3.63) is 34.9 Å². The molecule has 0 bridgehead atoms. The molecule has 0 aromatic heterocycles. The van der Waals surface area contributed by atoms with Crippen LogP contribution in [0.4, 0.5) is 4.79 Å². The fourth-order valence-corrected chi connectivity index (χ4v) is 6.68. The standard InChI is InChI=1S/C29H46ClN3O2/c1-31-20-27(18-23-8-3-2-4-9-23)32-28(34)33-17-7-12-25(21-33)29(35,16-6-10-22-14-15-22)24-11-5-13-26(30)19-24/h5,11,13,19,22-23,25,27,31,35H,2-4,6-10,12,14-18,20-21H2,1H3,(H,32,34)/t25-,27+,29-/m1/s1. The minimum absolute atomic E-state index is 0.0146. The Kier molecular flexibility index (Phi) is 9.77. The summed E-state index contributed by atoms with van der Waals surface area (Å²) in [5.41, 5.74) is -0.0519. The molecule has 1 aliphatic heterocycles. The number of amides is 2. The molecule has 3 aliphatic rings. The minimum atomic E-state index is -0.953. The number of benzene rings is 1. The van der Waals surface area contributed by atoms with Crippen LogP contribution in [0, 0.1) is 17.8 Å². The number of rotatable bonds is 11. The highest BCUT2D eigenvalue weighted by Crippen LogP contribution is 2.42. The molecule has 2 aliphatic carbocycles. The Labute approximate surface area is 217 Å². The van der Waals surface area contributed by atoms with Gasteiger partial charge in [0.15, 0.2) is 0 Å². The Morgan fingerprint density at radius 1 is 1.14 bits per heavy atom. The fraction of sp³-hybridized carbons (Fsp3) is 0.759. The molecule has 1 aromatic rings. The van der Waals surface area contributed by atoms with Gasteiger partial charge in [-0.3, -0.25) is 0 Å². The first-order valence-electron chi connectivity index (χ1n) is 14.2. The summed E-state index contributed by atoms with van der Waals surface area (Å²) in [4.78, 5) is 15.3. The third kappa shape index (κ3) is 7.60. The molecule has 196 valence electrons. The van der Waals surface area contributed by atoms with Crippen molar-refractivity contribution >= 4 is 17.6 Å². The molecule has 4 rings (SSSR count). The van der Waals surface area contributed by atoms with Gasteiger partial charge in [-0.1, -0.05) is 75.1 Å². The molecule has 1 heterocycles. The van der Waals surface area contributed by atoms with E-state index in [4.69, 9.17) is 11.6 Å². The second kappa shape index (κ2) is 12.8. The highest BCUT2D eigenvalue weighted by molar-refractivity contribution is 6.30. The minimum Gasteiger partial charge on any atom is -0.385 e. The number of nitrogens with one attached hydrogen (secondary N) is 2. The monoisotopic (exact) mass is 503 g/mol. The van der Waals surface area contributed by atoms with E-state index in [1.807, 2.05) is 36.2 Å². The lowest BCUT2D eigenvalue weighted by atomic mass is 9.74. The van der Waals surface area contributed by atoms with Crippen LogP contribution in [0.5, 0.6) is 0 Å². The third-order valence-corrected chi connectivity index (χ3v) is 8.93. The van der Waals surface area contributed by atoms with Gasteiger partial charge in [-0.2, -0.15) is 0 Å². The third-order valence-electron chi connectivity index (χ3n) is 8.70. The number of carbonyl (C=O) groups is 1. The van der Waals surface area contributed by atoms with Crippen LogP contribution in [0.1, 0.15) is 89.0 Å². The average Bonchev–Trinajstić information content (AvgIpc) is 3.69. The second-order valence-electron chi connectivity index (χ2n) is 11.5. The molecule has 5 nitrogen and oxygen atoms in total. The predicted molar refractivity (Wildman–Crippen MR) is 144 cm³/mol. The van der Waals surface area contributed by atoms with Crippen LogP contribution in [-0.2, 0) is 5.60 Å². The van der Waals surface area contributed by atoms with E-state index in [9.17, 15) is 9.90 Å². The molecule has 3 atom stereocenters. The predicted octanol–water partition coefficient (Wildman–Crippen LogP) is 6.09. The fourth-order valence-electron chi connectivity index (χ4n) is 6.49. The van der Waals surface area contributed by atoms with Crippen molar-refractivity contribution < 1.29 is 9.90 Å². The second-order valence-corrected chi connectivity index (χ2v) is 11.9. The maximum atomic E-state index is 13.4. The summed E-state index contributed by atoms with van der Waals surface area (Å²) in [5, 5.41) is 19.4. The number of hydrogen-bond donors (Lipinski definition) is 3. The first kappa shape index (κ1) is 26.8. The molecule has 1 saturated heterocycles. The number of urea groups is 1. The molecule has 0 unspecified atom stereocenters. The van der Waals surface area contributed by atoms with Crippen molar-refractivity contribution in [3.8, 4) is 0 Å². The zero-order valence-corrected chi connectivity index (χ0v) is 22.4. The molecular formula is C29H46ClN3O2. The van der Waals surface area contributed by atoms with Gasteiger partial charge in [0, 0.05) is 36.6 Å². The quantitative estimate of drug-likeness (QED) is 0.342. The molecule has 2 amide bonds. The summed E-state index contributed by atoms with van der Waals surface area (Å²) in [5.74, 6) is 1.58. The molecular weight excluding hydrogens is 458 g/mol. The number of nitrogens with zero attached hydrogens (tertiary/aromatic N) is 1. The van der Waals surface area contributed by atoms with Crippen molar-refractivity contribution in [1.29, 1.82) is 0 Å². The lowest BCUT2D eigenvalue weighted by Gasteiger charge is -2.43. The number of likely N-dealkylation sites (N-methyl/N-ethyl adjacent to an activating group) is 1. The summed E-state index contributed by atoms with van der Waals surface area (Å²) in [7, 11) is 1.96. The summed E-state index contributed by atoms with van der Waals surface area (Å²) in [6.07, 6.45) is 15.1. The first-order chi connectivity index (χ1) is 17.0. The van der Waals surface area contributed by atoms with Crippen LogP contribution in [-0.4, -0.2) is 48.8 Å². The Bertz CT molecular complexity index is 811. The van der Waals surface area contributed by atoms with E-state index in [1.165, 1.54) is 51.4 Å². The Hall–Kier alpha value is -1.30. The Morgan fingerprint density at radius 2 is 1.94 bits per heavy atom. The van der Waals surface area contributed by atoms with Crippen molar-refractivity contribution in [2.24, 2.45) is 17.8 Å². The van der Waals surface area contributed by atoms with Gasteiger partial charge in [0.2, 0.25) is 0 Å². The number of hydrogen-bond acceptors (Lipinski definition) is 3. The number of piperidine rings is 1. The van der Waals surface area contributed by atoms with E-state index in [0.717, 1.165) is 62.6 Å². The largest absolute Gasteiger partial charge is 0.385 e. The molecule has 6 heteroatoms. The van der Waals surface area contributed by atoms with Crippen LogP contribution in [0.2, 0.25) is 5.02 Å². The molecule has 2 saturated carbocycles. The Morgan fingerprint density at radius 3 is 2.66 bits per heavy atom. The number of halogens is 1. The van der Waals surface area contributed by atoms with E-state index in [2.05, 4.69) is 10.6 Å². The van der Waals surface area contributed by atoms with Crippen LogP contribution < -0.4 is 10.6 Å². The number of aliphatic hydroxyl groups is 1. The van der Waals surface area contributed by atoms with Crippen molar-refractivity contribution in [3.63, 3.8) is 0 Å². The zero-order valence-electron chi connectivity index (χ0n) is 21.6. The lowest BCUT2D eigenvalue weighted by molar-refractivity contribution is -0.0559. The van der Waals surface area contributed by atoms with Gasteiger partial charge in [0.25, 0.3) is 0 Å². The molecule has 3 fully saturated rings. The smallest absolute Gasteiger partial charge is 0.317 e. The van der Waals surface area contributed by atoms with E-state index in [-0.39, 0.29) is 18.0 Å². The zero-order chi connectivity index (χ0) is 24.7. The van der Waals surface area contributed by atoms with Crippen LogP contribution >= 0.6 is 11.6 Å². The SMILES string of the molecule is CNC[C@H](CC1CCCCC1)NC(=O)N1CCC[C@@H]([C@@](O)(CCCC2CC2)c2cccc(Cl)c2)C1. The van der Waals surface area contributed by atoms with Crippen molar-refractivity contribution in [1.82, 2.24) is 15.5 Å². The summed E-state index contributed by atoms with van der Waals surface area (Å²) < 4.78 is 0. The highest BCUT2D eigenvalue weighted by atomic mass is 35.5. The van der Waals surface area contributed by atoms with Gasteiger partial charge < -0.3 is 20.6 Å². The topological polar surface area (TPSA) is 64.6 Å². The van der Waals surface area contributed by atoms with Gasteiger partial charge in [-0.15, -0.1) is 0 Å². The summed E-state index contributed by atoms with van der Waals surface area (Å²) in [6.45, 7) is 2.15. The molecule has 0 spiro atoms. The molecule has 35 heavy (non-hydrogen) atoms. The van der Waals surface area contributed by atoms with Crippen LogP contribution in [0.25, 0.3) is 0 Å². The lowest BCUT2D eigenvalue weighted by Crippen LogP contribution is -2.54. The molecule has 1 aromatic carbocycles. The maximum Gasteiger partial charge on any atom is 0.317 e. The number of carbonyl (C=O) groups excluding carboxylic acids is 1. The first-order valence-corrected chi connectivity index (χ1v) is 14.5. The van der Waals surface area contributed by atoms with Gasteiger partial charge in [0.05, 0.1) is 5.60 Å². The van der Waals surface area contributed by atoms with Crippen molar-refractivity contribution in [2.75, 3.05) is 26.7 Å². The van der Waals surface area contributed by atoms with Gasteiger partial charge in [-0.25, -0.2) is 4.79 Å². The van der Waals surface area contributed by atoms with Crippen LogP contribution in [0.15, 0.2) is 24.3 Å². The normalized spacial score (nSPS) is 24.1. The van der Waals surface area contributed by atoms with E-state index < -0.39 is 5.60 Å². The Balaban J connectivity index is 1.41. The van der Waals surface area contributed by atoms with E-state index >= 15 is 0 Å². The maximum absolute atomic E-state index is 13.4. The average molecular weight is 504 g/mol. The van der Waals surface area contributed by atoms with Gasteiger partial charge in [-0.05, 0) is 68.7 Å². The van der Waals surface area contributed by atoms with Crippen LogP contribution in [0.3, 0.4) is 0 Å². The van der Waals surface area contributed by atoms with E-state index in [0.29, 0.717) is 11.6 Å². The van der Waals surface area contributed by atoms with Gasteiger partial charge in [0.1, 0.15) is 0 Å². The van der Waals surface area contributed by atoms with Gasteiger partial charge >= 0.3 is 6.03 Å². The molecule has 0 radical (unpaired) electrons. The highest BCUT2D eigenvalue weighted by Gasteiger charge is 2.41. The van der Waals surface area contributed by atoms with Crippen molar-refractivity contribution in [2.45, 2.75) is 95.1 Å². The summed E-state index contributed by atoms with van der Waals surface area (Å²) in [6, 6.07) is 7.91. The van der Waals surface area contributed by atoms with E-state index in [1.54, 1.807) is 0 Å². The summed E-state index contributed by atoms with van der Waals surface area (Å²) >= 11 is 6.34. The number of likely N-dealkylation sites (tertiary alicyclic amines) is 1.